The molecule has 2 nitrogen and oxygen atoms in total. The van der Waals surface area contributed by atoms with E-state index in [2.05, 4.69) is 43.4 Å². The van der Waals surface area contributed by atoms with Crippen LogP contribution in [-0.4, -0.2) is 12.5 Å². The van der Waals surface area contributed by atoms with E-state index in [1.165, 1.54) is 44.1 Å². The highest BCUT2D eigenvalue weighted by molar-refractivity contribution is 5.75. The molecule has 25 heavy (non-hydrogen) atoms. The maximum absolute atomic E-state index is 12.2. The van der Waals surface area contributed by atoms with Gasteiger partial charge in [-0.15, -0.1) is 0 Å². The van der Waals surface area contributed by atoms with Gasteiger partial charge < -0.3 is 5.32 Å². The molecule has 0 radical (unpaired) electrons. The van der Waals surface area contributed by atoms with Crippen molar-refractivity contribution in [2.24, 2.45) is 17.3 Å². The number of hydrogen-bond donors (Lipinski definition) is 1. The van der Waals surface area contributed by atoms with Crippen LogP contribution in [0.25, 0.3) is 0 Å². The fourth-order valence-electron chi connectivity index (χ4n) is 6.62. The molecule has 0 saturated heterocycles. The Labute approximate surface area is 152 Å². The molecule has 0 aromatic heterocycles. The van der Waals surface area contributed by atoms with Crippen LogP contribution in [0, 0.1) is 24.2 Å². The standard InChI is InChI=1S/C23H33NO/c1-3-4-5-21(25)24-16-22-11-18-10-19(12-22)14-23(13-18,15-22)20-8-6-17(2)7-9-20/h6-9,18-19H,3-5,10-16H2,1-2H3,(H,24,25)/t18-,19-,22?,23?/m0/s1. The van der Waals surface area contributed by atoms with Crippen LogP contribution in [0.3, 0.4) is 0 Å². The van der Waals surface area contributed by atoms with E-state index in [9.17, 15) is 4.79 Å². The van der Waals surface area contributed by atoms with Gasteiger partial charge in [-0.25, -0.2) is 0 Å². The van der Waals surface area contributed by atoms with Crippen LogP contribution in [0.15, 0.2) is 24.3 Å². The lowest BCUT2D eigenvalue weighted by Gasteiger charge is -2.62. The Morgan fingerprint density at radius 1 is 1.12 bits per heavy atom. The molecule has 1 aromatic rings. The minimum Gasteiger partial charge on any atom is -0.356 e. The molecule has 2 heteroatoms. The minimum atomic E-state index is 0.266. The predicted octanol–water partition coefficient (Wildman–Crippen LogP) is 5.14. The second-order valence-electron chi connectivity index (χ2n) is 9.49. The summed E-state index contributed by atoms with van der Waals surface area (Å²) in [7, 11) is 0. The lowest BCUT2D eigenvalue weighted by molar-refractivity contribution is -0.124. The fraction of sp³-hybridized carbons (Fsp3) is 0.696. The number of benzene rings is 1. The molecule has 0 spiro atoms. The van der Waals surface area contributed by atoms with Crippen molar-refractivity contribution >= 4 is 5.91 Å². The van der Waals surface area contributed by atoms with Gasteiger partial charge >= 0.3 is 0 Å². The highest BCUT2D eigenvalue weighted by atomic mass is 16.1. The van der Waals surface area contributed by atoms with Gasteiger partial charge in [-0.2, -0.15) is 0 Å². The molecule has 4 bridgehead atoms. The van der Waals surface area contributed by atoms with Crippen LogP contribution in [-0.2, 0) is 10.2 Å². The summed E-state index contributed by atoms with van der Waals surface area (Å²) in [6.07, 6.45) is 10.9. The molecule has 0 aliphatic heterocycles. The minimum absolute atomic E-state index is 0.266. The molecule has 1 N–H and O–H groups in total. The average molecular weight is 340 g/mol. The van der Waals surface area contributed by atoms with Crippen molar-refractivity contribution in [3.8, 4) is 0 Å². The Hall–Kier alpha value is -1.31. The maximum Gasteiger partial charge on any atom is 0.220 e. The first kappa shape index (κ1) is 17.1. The molecule has 1 amide bonds. The first-order chi connectivity index (χ1) is 12.0. The van der Waals surface area contributed by atoms with Crippen LogP contribution in [0.1, 0.15) is 75.8 Å². The van der Waals surface area contributed by atoms with E-state index in [4.69, 9.17) is 0 Å². The van der Waals surface area contributed by atoms with Gasteiger partial charge in [0.2, 0.25) is 5.91 Å². The van der Waals surface area contributed by atoms with Crippen molar-refractivity contribution in [3.05, 3.63) is 35.4 Å². The van der Waals surface area contributed by atoms with Gasteiger partial charge in [-0.05, 0) is 80.1 Å². The van der Waals surface area contributed by atoms with Crippen LogP contribution < -0.4 is 5.32 Å². The van der Waals surface area contributed by atoms with E-state index < -0.39 is 0 Å². The first-order valence-electron chi connectivity index (χ1n) is 10.4. The number of amides is 1. The summed E-state index contributed by atoms with van der Waals surface area (Å²) in [5.74, 6) is 2.01. The predicted molar refractivity (Wildman–Crippen MR) is 103 cm³/mol. The van der Waals surface area contributed by atoms with E-state index in [0.717, 1.165) is 31.2 Å². The van der Waals surface area contributed by atoms with Crippen molar-refractivity contribution in [3.63, 3.8) is 0 Å². The van der Waals surface area contributed by atoms with Crippen molar-refractivity contribution in [1.82, 2.24) is 5.32 Å². The van der Waals surface area contributed by atoms with Crippen molar-refractivity contribution in [2.75, 3.05) is 6.54 Å². The summed E-state index contributed by atoms with van der Waals surface area (Å²) in [6, 6.07) is 9.34. The van der Waals surface area contributed by atoms with Crippen molar-refractivity contribution < 1.29 is 4.79 Å². The van der Waals surface area contributed by atoms with E-state index in [0.29, 0.717) is 17.3 Å². The first-order valence-corrected chi connectivity index (χ1v) is 10.4. The second-order valence-corrected chi connectivity index (χ2v) is 9.49. The number of aryl methyl sites for hydroxylation is 1. The molecular weight excluding hydrogens is 306 g/mol. The van der Waals surface area contributed by atoms with E-state index >= 15 is 0 Å². The van der Waals surface area contributed by atoms with Gasteiger partial charge in [0, 0.05) is 13.0 Å². The van der Waals surface area contributed by atoms with Gasteiger partial charge in [0.15, 0.2) is 0 Å². The quantitative estimate of drug-likeness (QED) is 0.764. The van der Waals surface area contributed by atoms with Gasteiger partial charge in [0.25, 0.3) is 0 Å². The zero-order valence-electron chi connectivity index (χ0n) is 15.9. The zero-order chi connectivity index (χ0) is 17.5. The van der Waals surface area contributed by atoms with E-state index in [1.54, 1.807) is 5.56 Å². The Morgan fingerprint density at radius 2 is 1.80 bits per heavy atom. The van der Waals surface area contributed by atoms with E-state index in [1.807, 2.05) is 0 Å². The van der Waals surface area contributed by atoms with Crippen molar-refractivity contribution in [2.45, 2.75) is 77.0 Å². The molecule has 136 valence electrons. The summed E-state index contributed by atoms with van der Waals surface area (Å²) in [6.45, 7) is 5.24. The highest BCUT2D eigenvalue weighted by Gasteiger charge is 2.57. The summed E-state index contributed by atoms with van der Waals surface area (Å²) in [4.78, 5) is 12.2. The van der Waals surface area contributed by atoms with Gasteiger partial charge in [-0.1, -0.05) is 43.2 Å². The third-order valence-corrected chi connectivity index (χ3v) is 7.26. The number of hydrogen-bond acceptors (Lipinski definition) is 1. The second kappa shape index (κ2) is 6.45. The van der Waals surface area contributed by atoms with Crippen LogP contribution in [0.2, 0.25) is 0 Å². The summed E-state index contributed by atoms with van der Waals surface area (Å²) >= 11 is 0. The van der Waals surface area contributed by atoms with Crippen LogP contribution >= 0.6 is 0 Å². The maximum atomic E-state index is 12.2. The van der Waals surface area contributed by atoms with Gasteiger partial charge in [-0.3, -0.25) is 4.79 Å². The summed E-state index contributed by atoms with van der Waals surface area (Å²) < 4.78 is 0. The third kappa shape index (κ3) is 3.25. The molecule has 5 rings (SSSR count). The lowest BCUT2D eigenvalue weighted by atomic mass is 9.43. The van der Waals surface area contributed by atoms with Crippen LogP contribution in [0.5, 0.6) is 0 Å². The third-order valence-electron chi connectivity index (χ3n) is 7.26. The molecule has 1 aromatic carbocycles. The average Bonchev–Trinajstić information content (AvgIpc) is 2.57. The van der Waals surface area contributed by atoms with E-state index in [-0.39, 0.29) is 5.91 Å². The Bertz CT molecular complexity index is 618. The zero-order valence-corrected chi connectivity index (χ0v) is 15.9. The number of carbonyl (C=O) groups is 1. The Morgan fingerprint density at radius 3 is 2.44 bits per heavy atom. The number of unbranched alkanes of at least 4 members (excludes halogenated alkanes) is 1. The Balaban J connectivity index is 1.53. The lowest BCUT2D eigenvalue weighted by Crippen LogP contribution is -2.57. The Kier molecular flexibility index (Phi) is 4.42. The van der Waals surface area contributed by atoms with Gasteiger partial charge in [0.05, 0.1) is 0 Å². The molecule has 4 saturated carbocycles. The summed E-state index contributed by atoms with van der Waals surface area (Å²) in [5.41, 5.74) is 3.66. The molecule has 4 fully saturated rings. The van der Waals surface area contributed by atoms with Crippen LogP contribution in [0.4, 0.5) is 0 Å². The number of nitrogens with one attached hydrogen (secondary N) is 1. The normalized spacial score (nSPS) is 35.8. The molecular formula is C23H33NO. The monoisotopic (exact) mass is 339 g/mol. The number of rotatable bonds is 6. The summed E-state index contributed by atoms with van der Waals surface area (Å²) in [5, 5.41) is 3.31. The molecule has 0 heterocycles. The highest BCUT2D eigenvalue weighted by Crippen LogP contribution is 2.65. The molecule has 2 atom stereocenters. The fourth-order valence-corrected chi connectivity index (χ4v) is 6.62. The topological polar surface area (TPSA) is 29.1 Å². The van der Waals surface area contributed by atoms with Gasteiger partial charge in [0.1, 0.15) is 0 Å². The molecule has 4 aliphatic carbocycles. The van der Waals surface area contributed by atoms with Crippen molar-refractivity contribution in [1.29, 1.82) is 0 Å². The smallest absolute Gasteiger partial charge is 0.220 e. The SMILES string of the molecule is CCCCC(=O)NCC12C[C@@H]3C[C@@H](C1)CC(c1ccc(C)cc1)(C3)C2. The number of carbonyl (C=O) groups excluding carboxylic acids is 1. The largest absolute Gasteiger partial charge is 0.356 e. The molecule has 0 unspecified atom stereocenters. The molecule has 4 aliphatic rings.